The second kappa shape index (κ2) is 6.96. The minimum atomic E-state index is -0.246. The molecule has 2 aliphatic heterocycles. The van der Waals surface area contributed by atoms with Crippen LogP contribution in [0.3, 0.4) is 0 Å². The Labute approximate surface area is 146 Å². The molecule has 0 aliphatic carbocycles. The van der Waals surface area contributed by atoms with Crippen molar-refractivity contribution in [1.82, 2.24) is 15.9 Å². The monoisotopic (exact) mass is 339 g/mol. The van der Waals surface area contributed by atoms with E-state index in [0.29, 0.717) is 12.5 Å². The Morgan fingerprint density at radius 2 is 1.64 bits per heavy atom. The van der Waals surface area contributed by atoms with E-state index in [1.165, 1.54) is 17.7 Å². The van der Waals surface area contributed by atoms with Crippen LogP contribution in [-0.2, 0) is 0 Å². The van der Waals surface area contributed by atoms with Gasteiger partial charge in [0.25, 0.3) is 0 Å². The third-order valence-corrected chi connectivity index (χ3v) is 5.06. The number of rotatable bonds is 3. The Kier molecular flexibility index (Phi) is 4.53. The van der Waals surface area contributed by atoms with Gasteiger partial charge in [0, 0.05) is 12.1 Å². The lowest BCUT2D eigenvalue weighted by atomic mass is 9.87. The average molecular weight is 339 g/mol. The first-order valence-corrected chi connectivity index (χ1v) is 8.75. The van der Waals surface area contributed by atoms with Crippen LogP contribution in [-0.4, -0.2) is 30.0 Å². The van der Waals surface area contributed by atoms with E-state index in [1.54, 1.807) is 6.07 Å². The lowest BCUT2D eigenvalue weighted by Gasteiger charge is -2.24. The Bertz CT molecular complexity index is 799. The molecule has 4 rings (SSSR count). The van der Waals surface area contributed by atoms with Gasteiger partial charge in [-0.3, -0.25) is 5.21 Å². The van der Waals surface area contributed by atoms with E-state index in [-0.39, 0.29) is 5.82 Å². The first-order chi connectivity index (χ1) is 12.2. The standard InChI is InChI=1S/C20H22FN3O/c21-18-6-2-4-16(12-18)15-3-1-5-17(11-15)20-19(13-23-24(20)25)14-7-9-22-10-8-14/h1-6,11-12,14,22-23,25H,7-10,13H2. The summed E-state index contributed by atoms with van der Waals surface area (Å²) in [5.74, 6) is 0.225. The third kappa shape index (κ3) is 3.31. The predicted octanol–water partition coefficient (Wildman–Crippen LogP) is 3.41. The number of benzene rings is 2. The van der Waals surface area contributed by atoms with Gasteiger partial charge in [0.1, 0.15) is 5.82 Å². The van der Waals surface area contributed by atoms with E-state index < -0.39 is 0 Å². The van der Waals surface area contributed by atoms with Gasteiger partial charge in [-0.15, -0.1) is 0 Å². The maximum Gasteiger partial charge on any atom is 0.123 e. The molecule has 0 bridgehead atoms. The lowest BCUT2D eigenvalue weighted by molar-refractivity contribution is -0.0639. The quantitative estimate of drug-likeness (QED) is 0.802. The minimum absolute atomic E-state index is 0.246. The van der Waals surface area contributed by atoms with Gasteiger partial charge in [0.05, 0.1) is 5.70 Å². The average Bonchev–Trinajstić information content (AvgIpc) is 3.04. The van der Waals surface area contributed by atoms with Crippen LogP contribution in [0.25, 0.3) is 16.8 Å². The van der Waals surface area contributed by atoms with Crippen LogP contribution in [0.4, 0.5) is 4.39 Å². The predicted molar refractivity (Wildman–Crippen MR) is 96.0 cm³/mol. The summed E-state index contributed by atoms with van der Waals surface area (Å²) in [5.41, 5.74) is 7.83. The maximum atomic E-state index is 13.5. The van der Waals surface area contributed by atoms with E-state index in [9.17, 15) is 9.60 Å². The fraction of sp³-hybridized carbons (Fsp3) is 0.300. The molecule has 2 aromatic rings. The summed E-state index contributed by atoms with van der Waals surface area (Å²) in [6, 6.07) is 14.5. The highest BCUT2D eigenvalue weighted by Gasteiger charge is 2.29. The van der Waals surface area contributed by atoms with Crippen molar-refractivity contribution in [3.63, 3.8) is 0 Å². The summed E-state index contributed by atoms with van der Waals surface area (Å²) in [7, 11) is 0. The van der Waals surface area contributed by atoms with E-state index >= 15 is 0 Å². The van der Waals surface area contributed by atoms with Crippen molar-refractivity contribution in [1.29, 1.82) is 0 Å². The van der Waals surface area contributed by atoms with Gasteiger partial charge >= 0.3 is 0 Å². The molecule has 2 aliphatic rings. The van der Waals surface area contributed by atoms with Gasteiger partial charge in [-0.25, -0.2) is 9.82 Å². The SMILES string of the molecule is ON1NCC(C2CCNCC2)=C1c1cccc(-c2cccc(F)c2)c1. The molecule has 0 saturated carbocycles. The summed E-state index contributed by atoms with van der Waals surface area (Å²) < 4.78 is 13.5. The Hall–Kier alpha value is -2.21. The van der Waals surface area contributed by atoms with E-state index in [2.05, 4.69) is 10.7 Å². The highest BCUT2D eigenvalue weighted by atomic mass is 19.1. The number of nitrogens with one attached hydrogen (secondary N) is 2. The van der Waals surface area contributed by atoms with Crippen LogP contribution in [0.5, 0.6) is 0 Å². The second-order valence-electron chi connectivity index (χ2n) is 6.64. The Balaban J connectivity index is 1.73. The van der Waals surface area contributed by atoms with Crippen molar-refractivity contribution < 1.29 is 9.60 Å². The molecule has 130 valence electrons. The molecule has 0 aromatic heterocycles. The van der Waals surface area contributed by atoms with E-state index in [1.807, 2.05) is 30.3 Å². The fourth-order valence-electron chi connectivity index (χ4n) is 3.79. The third-order valence-electron chi connectivity index (χ3n) is 5.06. The van der Waals surface area contributed by atoms with E-state index in [0.717, 1.165) is 53.5 Å². The minimum Gasteiger partial charge on any atom is -0.317 e. The summed E-state index contributed by atoms with van der Waals surface area (Å²) in [6.07, 6.45) is 2.16. The van der Waals surface area contributed by atoms with Gasteiger partial charge in [-0.05, 0) is 66.7 Å². The number of hydrogen-bond acceptors (Lipinski definition) is 4. The highest BCUT2D eigenvalue weighted by Crippen LogP contribution is 2.34. The Morgan fingerprint density at radius 1 is 0.960 bits per heavy atom. The first kappa shape index (κ1) is 16.3. The molecule has 0 unspecified atom stereocenters. The smallest absolute Gasteiger partial charge is 0.123 e. The largest absolute Gasteiger partial charge is 0.317 e. The van der Waals surface area contributed by atoms with Gasteiger partial charge in [0.2, 0.25) is 0 Å². The van der Waals surface area contributed by atoms with Crippen molar-refractivity contribution in [2.24, 2.45) is 5.92 Å². The van der Waals surface area contributed by atoms with Crippen molar-refractivity contribution in [3.05, 3.63) is 65.5 Å². The van der Waals surface area contributed by atoms with Crippen LogP contribution >= 0.6 is 0 Å². The number of piperidine rings is 1. The molecule has 1 fully saturated rings. The van der Waals surface area contributed by atoms with Crippen LogP contribution in [0, 0.1) is 11.7 Å². The molecule has 0 amide bonds. The normalized spacial score (nSPS) is 18.9. The summed E-state index contributed by atoms with van der Waals surface area (Å²) >= 11 is 0. The zero-order chi connectivity index (χ0) is 17.2. The Morgan fingerprint density at radius 3 is 2.40 bits per heavy atom. The number of hydrogen-bond donors (Lipinski definition) is 3. The van der Waals surface area contributed by atoms with Crippen molar-refractivity contribution in [2.45, 2.75) is 12.8 Å². The molecule has 4 nitrogen and oxygen atoms in total. The zero-order valence-corrected chi connectivity index (χ0v) is 14.0. The lowest BCUT2D eigenvalue weighted by Crippen LogP contribution is -2.30. The molecule has 3 N–H and O–H groups in total. The molecule has 25 heavy (non-hydrogen) atoms. The first-order valence-electron chi connectivity index (χ1n) is 8.75. The summed E-state index contributed by atoms with van der Waals surface area (Å²) in [4.78, 5) is 0. The molecule has 1 saturated heterocycles. The summed E-state index contributed by atoms with van der Waals surface area (Å²) in [5, 5.41) is 14.9. The summed E-state index contributed by atoms with van der Waals surface area (Å²) in [6.45, 7) is 2.69. The molecular formula is C20H22FN3O. The van der Waals surface area contributed by atoms with Gasteiger partial charge in [-0.1, -0.05) is 30.3 Å². The van der Waals surface area contributed by atoms with E-state index in [4.69, 9.17) is 0 Å². The fourth-order valence-corrected chi connectivity index (χ4v) is 3.79. The van der Waals surface area contributed by atoms with Gasteiger partial charge in [-0.2, -0.15) is 5.17 Å². The molecule has 5 heteroatoms. The number of halogens is 1. The molecule has 0 radical (unpaired) electrons. The van der Waals surface area contributed by atoms with Crippen LogP contribution in [0.1, 0.15) is 18.4 Å². The molecule has 0 spiro atoms. The van der Waals surface area contributed by atoms with Crippen molar-refractivity contribution in [3.8, 4) is 11.1 Å². The number of nitrogens with zero attached hydrogens (tertiary/aromatic N) is 1. The maximum absolute atomic E-state index is 13.5. The van der Waals surface area contributed by atoms with Crippen molar-refractivity contribution >= 4 is 5.70 Å². The second-order valence-corrected chi connectivity index (χ2v) is 6.64. The van der Waals surface area contributed by atoms with Crippen LogP contribution in [0.15, 0.2) is 54.1 Å². The van der Waals surface area contributed by atoms with Gasteiger partial charge in [0.15, 0.2) is 0 Å². The van der Waals surface area contributed by atoms with Gasteiger partial charge < -0.3 is 5.32 Å². The zero-order valence-electron chi connectivity index (χ0n) is 14.0. The molecule has 2 heterocycles. The number of hydroxylamine groups is 1. The molecular weight excluding hydrogens is 317 g/mol. The van der Waals surface area contributed by atoms with Crippen LogP contribution < -0.4 is 10.7 Å². The van der Waals surface area contributed by atoms with Crippen LogP contribution in [0.2, 0.25) is 0 Å². The topological polar surface area (TPSA) is 47.5 Å². The molecule has 0 atom stereocenters. The van der Waals surface area contributed by atoms with Crippen molar-refractivity contribution in [2.75, 3.05) is 19.6 Å². The molecule has 2 aromatic carbocycles. The number of hydrazine groups is 1. The highest BCUT2D eigenvalue weighted by molar-refractivity contribution is 5.74.